The van der Waals surface area contributed by atoms with E-state index in [-0.39, 0.29) is 0 Å². The van der Waals surface area contributed by atoms with Crippen molar-refractivity contribution in [2.24, 2.45) is 5.92 Å². The minimum Gasteiger partial charge on any atom is -0.497 e. The van der Waals surface area contributed by atoms with Crippen molar-refractivity contribution in [1.29, 1.82) is 0 Å². The predicted molar refractivity (Wildman–Crippen MR) is 84.6 cm³/mol. The van der Waals surface area contributed by atoms with Crippen LogP contribution in [0, 0.1) is 5.92 Å². The fraction of sp³-hybridized carbons (Fsp3) is 0.529. The van der Waals surface area contributed by atoms with Crippen molar-refractivity contribution >= 4 is 10.9 Å². The average molecular weight is 288 g/mol. The number of methoxy groups -OCH3 is 1. The van der Waals surface area contributed by atoms with Crippen LogP contribution in [0.25, 0.3) is 10.9 Å². The molecule has 1 atom stereocenters. The highest BCUT2D eigenvalue weighted by atomic mass is 16.5. The minimum absolute atomic E-state index is 0.307. The first-order valence-corrected chi connectivity index (χ1v) is 7.74. The number of rotatable bonds is 5. The number of aromatic nitrogens is 1. The topological polar surface area (TPSA) is 37.6 Å². The van der Waals surface area contributed by atoms with E-state index in [1.165, 1.54) is 16.5 Å². The Morgan fingerprint density at radius 2 is 2.24 bits per heavy atom. The lowest BCUT2D eigenvalue weighted by Crippen LogP contribution is -2.20. The zero-order valence-corrected chi connectivity index (χ0v) is 12.9. The molecule has 1 N–H and O–H groups in total. The van der Waals surface area contributed by atoms with Crippen molar-refractivity contribution in [3.63, 3.8) is 0 Å². The largest absolute Gasteiger partial charge is 0.497 e. The van der Waals surface area contributed by atoms with Crippen molar-refractivity contribution in [3.8, 4) is 5.75 Å². The average Bonchev–Trinajstić information content (AvgIpc) is 3.11. The van der Waals surface area contributed by atoms with Gasteiger partial charge < -0.3 is 14.4 Å². The molecule has 0 bridgehead atoms. The summed E-state index contributed by atoms with van der Waals surface area (Å²) in [6, 6.07) is 6.30. The molecule has 0 saturated carbocycles. The second-order valence-corrected chi connectivity index (χ2v) is 5.90. The molecule has 3 rings (SSSR count). The molecule has 0 amide bonds. The Morgan fingerprint density at radius 3 is 2.90 bits per heavy atom. The summed E-state index contributed by atoms with van der Waals surface area (Å²) in [6.07, 6.45) is 3.36. The van der Waals surface area contributed by atoms with E-state index in [9.17, 15) is 5.11 Å². The van der Waals surface area contributed by atoms with Crippen LogP contribution < -0.4 is 4.74 Å². The van der Waals surface area contributed by atoms with Crippen LogP contribution in [-0.4, -0.2) is 41.4 Å². The molecule has 1 aliphatic rings. The van der Waals surface area contributed by atoms with Gasteiger partial charge in [0, 0.05) is 43.3 Å². The van der Waals surface area contributed by atoms with E-state index in [0.29, 0.717) is 12.5 Å². The molecule has 2 heterocycles. The van der Waals surface area contributed by atoms with Gasteiger partial charge in [-0.25, -0.2) is 0 Å². The normalized spacial score (nSPS) is 19.5. The molecule has 1 fully saturated rings. The molecule has 0 aliphatic carbocycles. The van der Waals surface area contributed by atoms with Crippen LogP contribution in [0.15, 0.2) is 24.4 Å². The molecule has 1 saturated heterocycles. The Balaban J connectivity index is 1.90. The first kappa shape index (κ1) is 14.4. The van der Waals surface area contributed by atoms with E-state index < -0.39 is 0 Å². The van der Waals surface area contributed by atoms with Crippen LogP contribution in [0.2, 0.25) is 0 Å². The molecule has 1 aromatic carbocycles. The van der Waals surface area contributed by atoms with Gasteiger partial charge in [0.2, 0.25) is 0 Å². The van der Waals surface area contributed by atoms with Gasteiger partial charge in [-0.05, 0) is 49.6 Å². The summed E-state index contributed by atoms with van der Waals surface area (Å²) in [5, 5.41) is 10.6. The number of likely N-dealkylation sites (tertiary alicyclic amines) is 1. The third-order valence-electron chi connectivity index (χ3n) is 4.53. The Bertz CT molecular complexity index is 621. The summed E-state index contributed by atoms with van der Waals surface area (Å²) in [7, 11) is 1.71. The van der Waals surface area contributed by atoms with Crippen molar-refractivity contribution in [1.82, 2.24) is 9.47 Å². The van der Waals surface area contributed by atoms with E-state index in [0.717, 1.165) is 38.3 Å². The van der Waals surface area contributed by atoms with Gasteiger partial charge in [-0.3, -0.25) is 4.90 Å². The summed E-state index contributed by atoms with van der Waals surface area (Å²) in [4.78, 5) is 2.44. The number of ether oxygens (including phenoxy) is 1. The van der Waals surface area contributed by atoms with Gasteiger partial charge in [0.15, 0.2) is 0 Å². The molecule has 2 aromatic rings. The summed E-state index contributed by atoms with van der Waals surface area (Å²) in [6.45, 7) is 6.48. The Labute approximate surface area is 125 Å². The van der Waals surface area contributed by atoms with Gasteiger partial charge in [-0.15, -0.1) is 0 Å². The maximum Gasteiger partial charge on any atom is 0.119 e. The lowest BCUT2D eigenvalue weighted by atomic mass is 10.1. The number of nitrogens with zero attached hydrogens (tertiary/aromatic N) is 2. The van der Waals surface area contributed by atoms with Gasteiger partial charge in [0.1, 0.15) is 5.75 Å². The Morgan fingerprint density at radius 1 is 1.38 bits per heavy atom. The number of aliphatic hydroxyl groups is 1. The lowest BCUT2D eigenvalue weighted by molar-refractivity contribution is 0.220. The summed E-state index contributed by atoms with van der Waals surface area (Å²) >= 11 is 0. The van der Waals surface area contributed by atoms with E-state index in [4.69, 9.17) is 4.74 Å². The highest BCUT2D eigenvalue weighted by molar-refractivity contribution is 5.85. The zero-order valence-electron chi connectivity index (χ0n) is 12.9. The third kappa shape index (κ3) is 2.78. The van der Waals surface area contributed by atoms with Gasteiger partial charge >= 0.3 is 0 Å². The Hall–Kier alpha value is -1.52. The number of aliphatic hydroxyl groups excluding tert-OH is 1. The highest BCUT2D eigenvalue weighted by Crippen LogP contribution is 2.28. The maximum atomic E-state index is 9.28. The second-order valence-electron chi connectivity index (χ2n) is 5.90. The van der Waals surface area contributed by atoms with Crippen LogP contribution >= 0.6 is 0 Å². The SMILES string of the molecule is CCn1cc(CN2CCC(CO)C2)c2cc(OC)ccc21. The Kier molecular flexibility index (Phi) is 4.17. The first-order chi connectivity index (χ1) is 10.2. The van der Waals surface area contributed by atoms with Crippen molar-refractivity contribution in [2.75, 3.05) is 26.8 Å². The van der Waals surface area contributed by atoms with E-state index >= 15 is 0 Å². The number of hydrogen-bond donors (Lipinski definition) is 1. The number of hydrogen-bond acceptors (Lipinski definition) is 3. The van der Waals surface area contributed by atoms with Crippen LogP contribution in [0.3, 0.4) is 0 Å². The fourth-order valence-corrected chi connectivity index (χ4v) is 3.31. The van der Waals surface area contributed by atoms with Crippen LogP contribution in [0.1, 0.15) is 18.9 Å². The summed E-state index contributed by atoms with van der Waals surface area (Å²) in [5.41, 5.74) is 2.62. The second kappa shape index (κ2) is 6.08. The quantitative estimate of drug-likeness (QED) is 0.918. The maximum absolute atomic E-state index is 9.28. The van der Waals surface area contributed by atoms with Gasteiger partial charge in [0.25, 0.3) is 0 Å². The van der Waals surface area contributed by atoms with Crippen LogP contribution in [0.5, 0.6) is 5.75 Å². The van der Waals surface area contributed by atoms with Gasteiger partial charge in [-0.2, -0.15) is 0 Å². The molecule has 0 radical (unpaired) electrons. The summed E-state index contributed by atoms with van der Waals surface area (Å²) in [5.74, 6) is 1.35. The molecule has 1 aliphatic heterocycles. The molecule has 1 aromatic heterocycles. The molecular formula is C17H24N2O2. The number of fused-ring (bicyclic) bond motifs is 1. The van der Waals surface area contributed by atoms with Crippen molar-refractivity contribution in [2.45, 2.75) is 26.4 Å². The monoisotopic (exact) mass is 288 g/mol. The first-order valence-electron chi connectivity index (χ1n) is 7.74. The molecule has 4 heteroatoms. The standard InChI is InChI=1S/C17H24N2O2/c1-3-19-11-14(10-18-7-6-13(9-18)12-20)16-8-15(21-2)4-5-17(16)19/h4-5,8,11,13,20H,3,6-7,9-10,12H2,1-2H3. The molecule has 1 unspecified atom stereocenters. The minimum atomic E-state index is 0.307. The molecule has 4 nitrogen and oxygen atoms in total. The van der Waals surface area contributed by atoms with E-state index in [1.54, 1.807) is 7.11 Å². The molecule has 0 spiro atoms. The highest BCUT2D eigenvalue weighted by Gasteiger charge is 2.22. The zero-order chi connectivity index (χ0) is 14.8. The lowest BCUT2D eigenvalue weighted by Gasteiger charge is -2.15. The van der Waals surface area contributed by atoms with Crippen LogP contribution in [-0.2, 0) is 13.1 Å². The van der Waals surface area contributed by atoms with Crippen LogP contribution in [0.4, 0.5) is 0 Å². The summed E-state index contributed by atoms with van der Waals surface area (Å²) < 4.78 is 7.66. The molecular weight excluding hydrogens is 264 g/mol. The van der Waals surface area contributed by atoms with Gasteiger partial charge in [0.05, 0.1) is 7.11 Å². The number of aryl methyl sites for hydroxylation is 1. The van der Waals surface area contributed by atoms with Gasteiger partial charge in [-0.1, -0.05) is 0 Å². The fourth-order valence-electron chi connectivity index (χ4n) is 3.31. The molecule has 21 heavy (non-hydrogen) atoms. The third-order valence-corrected chi connectivity index (χ3v) is 4.53. The molecule has 114 valence electrons. The smallest absolute Gasteiger partial charge is 0.119 e. The van der Waals surface area contributed by atoms with E-state index in [1.807, 2.05) is 6.07 Å². The van der Waals surface area contributed by atoms with E-state index in [2.05, 4.69) is 34.7 Å². The predicted octanol–water partition coefficient (Wildman–Crippen LogP) is 2.48. The number of benzene rings is 1. The van der Waals surface area contributed by atoms with Crippen molar-refractivity contribution < 1.29 is 9.84 Å². The van der Waals surface area contributed by atoms with Crippen molar-refractivity contribution in [3.05, 3.63) is 30.0 Å².